The molecule has 0 bridgehead atoms. The van der Waals surface area contributed by atoms with Crippen LogP contribution in [0, 0.1) is 0 Å². The van der Waals surface area contributed by atoms with E-state index in [1.807, 2.05) is 36.5 Å². The van der Waals surface area contributed by atoms with Gasteiger partial charge in [0.1, 0.15) is 0 Å². The van der Waals surface area contributed by atoms with Gasteiger partial charge in [-0.15, -0.1) is 19.0 Å². The first kappa shape index (κ1) is 13.7. The van der Waals surface area contributed by atoms with Crippen molar-refractivity contribution >= 4 is 23.3 Å². The first-order valence-corrected chi connectivity index (χ1v) is 5.53. The van der Waals surface area contributed by atoms with Gasteiger partial charge in [0.25, 0.3) is 0 Å². The molecular weight excluding hydrogens is 232 g/mol. The lowest BCUT2D eigenvalue weighted by Gasteiger charge is -2.13. The monoisotopic (exact) mass is 248 g/mol. The van der Waals surface area contributed by atoms with Crippen LogP contribution in [0.4, 0.5) is 0 Å². The third kappa shape index (κ3) is 3.05. The van der Waals surface area contributed by atoms with Gasteiger partial charge in [0, 0.05) is 17.6 Å². The maximum absolute atomic E-state index is 6.17. The van der Waals surface area contributed by atoms with Crippen LogP contribution in [0.3, 0.4) is 0 Å². The van der Waals surface area contributed by atoms with Crippen LogP contribution in [0.5, 0.6) is 0 Å². The lowest BCUT2D eigenvalue weighted by atomic mass is 9.99. The molecule has 0 saturated carbocycles. The molecule has 0 unspecified atom stereocenters. The Morgan fingerprint density at radius 1 is 1.29 bits per heavy atom. The molecule has 1 aromatic heterocycles. The molecule has 1 heterocycles. The predicted molar refractivity (Wildman–Crippen MR) is 75.4 cm³/mol. The average molecular weight is 249 g/mol. The lowest BCUT2D eigenvalue weighted by molar-refractivity contribution is 0.665. The van der Waals surface area contributed by atoms with Crippen molar-refractivity contribution in [2.45, 2.75) is 18.9 Å². The standard InChI is InChI=1S/C14H16N2.ClH/c1-2-3-7-13(15)11-9-10-16-14-8-5-4-6-12(11)14;/h2,4-6,8-10,13H,1,3,7,15H2;1H/t13-;/m0./s1. The minimum Gasteiger partial charge on any atom is -0.324 e. The van der Waals surface area contributed by atoms with E-state index in [4.69, 9.17) is 5.73 Å². The molecule has 17 heavy (non-hydrogen) atoms. The molecule has 0 amide bonds. The summed E-state index contributed by atoms with van der Waals surface area (Å²) in [7, 11) is 0. The Morgan fingerprint density at radius 2 is 2.06 bits per heavy atom. The molecule has 0 aliphatic rings. The van der Waals surface area contributed by atoms with Crippen LogP contribution in [0.25, 0.3) is 10.9 Å². The summed E-state index contributed by atoms with van der Waals surface area (Å²) in [5.74, 6) is 0. The van der Waals surface area contributed by atoms with E-state index in [2.05, 4.69) is 17.6 Å². The number of hydrogen-bond acceptors (Lipinski definition) is 2. The van der Waals surface area contributed by atoms with Crippen LogP contribution in [-0.2, 0) is 0 Å². The SMILES string of the molecule is C=CCC[C@H](N)c1ccnc2ccccc12.Cl. The van der Waals surface area contributed by atoms with Gasteiger partial charge >= 0.3 is 0 Å². The van der Waals surface area contributed by atoms with Gasteiger partial charge in [0.05, 0.1) is 5.52 Å². The second kappa shape index (κ2) is 6.38. The van der Waals surface area contributed by atoms with Gasteiger partial charge in [-0.2, -0.15) is 0 Å². The third-order valence-electron chi connectivity index (χ3n) is 2.76. The summed E-state index contributed by atoms with van der Waals surface area (Å²) >= 11 is 0. The van der Waals surface area contributed by atoms with Crippen molar-refractivity contribution < 1.29 is 0 Å². The Labute approximate surface area is 108 Å². The summed E-state index contributed by atoms with van der Waals surface area (Å²) in [6.45, 7) is 3.72. The molecule has 0 spiro atoms. The zero-order valence-electron chi connectivity index (χ0n) is 9.67. The lowest BCUT2D eigenvalue weighted by Crippen LogP contribution is -2.10. The van der Waals surface area contributed by atoms with Crippen molar-refractivity contribution in [3.63, 3.8) is 0 Å². The number of pyridine rings is 1. The van der Waals surface area contributed by atoms with Gasteiger partial charge in [-0.25, -0.2) is 0 Å². The fourth-order valence-corrected chi connectivity index (χ4v) is 1.89. The number of benzene rings is 1. The van der Waals surface area contributed by atoms with E-state index in [1.54, 1.807) is 0 Å². The number of aromatic nitrogens is 1. The number of hydrogen-bond donors (Lipinski definition) is 1. The summed E-state index contributed by atoms with van der Waals surface area (Å²) in [6.07, 6.45) is 5.60. The Kier molecular flexibility index (Phi) is 5.13. The van der Waals surface area contributed by atoms with Gasteiger partial charge in [0.2, 0.25) is 0 Å². The highest BCUT2D eigenvalue weighted by atomic mass is 35.5. The molecular formula is C14H17ClN2. The highest BCUT2D eigenvalue weighted by Crippen LogP contribution is 2.23. The fraction of sp³-hybridized carbons (Fsp3) is 0.214. The largest absolute Gasteiger partial charge is 0.324 e. The van der Waals surface area contributed by atoms with Crippen molar-refractivity contribution in [1.29, 1.82) is 0 Å². The summed E-state index contributed by atoms with van der Waals surface area (Å²) in [6, 6.07) is 10.2. The molecule has 90 valence electrons. The highest BCUT2D eigenvalue weighted by Gasteiger charge is 2.08. The van der Waals surface area contributed by atoms with Crippen molar-refractivity contribution in [3.05, 3.63) is 54.7 Å². The van der Waals surface area contributed by atoms with Crippen molar-refractivity contribution in [2.24, 2.45) is 5.73 Å². The quantitative estimate of drug-likeness (QED) is 0.840. The number of halogens is 1. The van der Waals surface area contributed by atoms with Crippen LogP contribution in [0.15, 0.2) is 49.2 Å². The highest BCUT2D eigenvalue weighted by molar-refractivity contribution is 5.85. The van der Waals surface area contributed by atoms with E-state index in [9.17, 15) is 0 Å². The van der Waals surface area contributed by atoms with Crippen molar-refractivity contribution in [1.82, 2.24) is 4.98 Å². The summed E-state index contributed by atoms with van der Waals surface area (Å²) in [5.41, 5.74) is 8.35. The van der Waals surface area contributed by atoms with Gasteiger partial charge in [0.15, 0.2) is 0 Å². The van der Waals surface area contributed by atoms with Crippen molar-refractivity contribution in [2.75, 3.05) is 0 Å². The Bertz CT molecular complexity index is 491. The molecule has 1 atom stereocenters. The van der Waals surface area contributed by atoms with Crippen LogP contribution >= 0.6 is 12.4 Å². The summed E-state index contributed by atoms with van der Waals surface area (Å²) in [5, 5.41) is 1.15. The van der Waals surface area contributed by atoms with Gasteiger partial charge in [-0.05, 0) is 30.5 Å². The van der Waals surface area contributed by atoms with E-state index in [-0.39, 0.29) is 18.4 Å². The number of allylic oxidation sites excluding steroid dienone is 1. The normalized spacial score (nSPS) is 11.8. The summed E-state index contributed by atoms with van der Waals surface area (Å²) in [4.78, 5) is 4.33. The minimum absolute atomic E-state index is 0. The Morgan fingerprint density at radius 3 is 2.82 bits per heavy atom. The summed E-state index contributed by atoms with van der Waals surface area (Å²) < 4.78 is 0. The maximum atomic E-state index is 6.17. The second-order valence-corrected chi connectivity index (χ2v) is 3.89. The van der Waals surface area contributed by atoms with E-state index >= 15 is 0 Å². The van der Waals surface area contributed by atoms with Crippen molar-refractivity contribution in [3.8, 4) is 0 Å². The van der Waals surface area contributed by atoms with Gasteiger partial charge in [-0.1, -0.05) is 24.3 Å². The predicted octanol–water partition coefficient (Wildman–Crippen LogP) is 3.62. The van der Waals surface area contributed by atoms with Crippen LogP contribution in [-0.4, -0.2) is 4.98 Å². The second-order valence-electron chi connectivity index (χ2n) is 3.89. The first-order chi connectivity index (χ1) is 7.83. The van der Waals surface area contributed by atoms with Gasteiger partial charge < -0.3 is 5.73 Å². The molecule has 2 N–H and O–H groups in total. The van der Waals surface area contributed by atoms with Crippen LogP contribution in [0.1, 0.15) is 24.4 Å². The number of para-hydroxylation sites is 1. The molecule has 2 aromatic rings. The number of nitrogens with zero attached hydrogens (tertiary/aromatic N) is 1. The van der Waals surface area contributed by atoms with Gasteiger partial charge in [-0.3, -0.25) is 4.98 Å². The number of fused-ring (bicyclic) bond motifs is 1. The topological polar surface area (TPSA) is 38.9 Å². The zero-order chi connectivity index (χ0) is 11.4. The third-order valence-corrected chi connectivity index (χ3v) is 2.76. The van der Waals surface area contributed by atoms with E-state index in [1.165, 1.54) is 5.56 Å². The van der Waals surface area contributed by atoms with Crippen LogP contribution < -0.4 is 5.73 Å². The van der Waals surface area contributed by atoms with Crippen LogP contribution in [0.2, 0.25) is 0 Å². The molecule has 0 aliphatic heterocycles. The molecule has 0 saturated heterocycles. The number of rotatable bonds is 4. The maximum Gasteiger partial charge on any atom is 0.0705 e. The number of nitrogens with two attached hydrogens (primary N) is 1. The molecule has 0 fully saturated rings. The average Bonchev–Trinajstić information content (AvgIpc) is 2.35. The molecule has 0 aliphatic carbocycles. The molecule has 2 nitrogen and oxygen atoms in total. The minimum atomic E-state index is 0. The Balaban J connectivity index is 0.00000144. The smallest absolute Gasteiger partial charge is 0.0705 e. The zero-order valence-corrected chi connectivity index (χ0v) is 10.5. The molecule has 2 rings (SSSR count). The fourth-order valence-electron chi connectivity index (χ4n) is 1.89. The van der Waals surface area contributed by atoms with E-state index in [0.717, 1.165) is 23.7 Å². The van der Waals surface area contributed by atoms with E-state index in [0.29, 0.717) is 0 Å². The molecule has 3 heteroatoms. The Hall–Kier alpha value is -1.38. The van der Waals surface area contributed by atoms with E-state index < -0.39 is 0 Å². The first-order valence-electron chi connectivity index (χ1n) is 5.53. The molecule has 0 radical (unpaired) electrons. The molecule has 1 aromatic carbocycles.